The maximum atomic E-state index is 13.2. The summed E-state index contributed by atoms with van der Waals surface area (Å²) in [6.07, 6.45) is 0. The highest BCUT2D eigenvalue weighted by Gasteiger charge is 2.25. The number of sulfonamides is 1. The van der Waals surface area contributed by atoms with E-state index in [1.807, 2.05) is 43.3 Å². The smallest absolute Gasteiger partial charge is 0.271 e. The molecule has 29 heavy (non-hydrogen) atoms. The molecule has 1 atom stereocenters. The van der Waals surface area contributed by atoms with Crippen molar-refractivity contribution in [2.24, 2.45) is 0 Å². The molecule has 0 heterocycles. The van der Waals surface area contributed by atoms with Gasteiger partial charge in [-0.25, -0.2) is 12.7 Å². The minimum atomic E-state index is -3.87. The molecule has 0 saturated heterocycles. The van der Waals surface area contributed by atoms with Crippen LogP contribution in [0, 0.1) is 18.9 Å². The minimum Gasteiger partial charge on any atom is -0.374 e. The second kappa shape index (κ2) is 8.52. The molecule has 0 saturated carbocycles. The summed E-state index contributed by atoms with van der Waals surface area (Å²) < 4.78 is 27.6. The lowest BCUT2D eigenvalue weighted by atomic mass is 9.97. The van der Waals surface area contributed by atoms with E-state index in [9.17, 15) is 13.5 Å². The zero-order chi connectivity index (χ0) is 20.9. The van der Waals surface area contributed by atoms with Crippen molar-refractivity contribution in [1.82, 2.24) is 4.31 Å². The fourth-order valence-electron chi connectivity index (χ4n) is 2.78. The van der Waals surface area contributed by atoms with E-state index < -0.39 is 15.6 Å². The normalized spacial score (nSPS) is 13.1. The molecule has 0 aromatic heterocycles. The predicted molar refractivity (Wildman–Crippen MR) is 114 cm³/mol. The summed E-state index contributed by atoms with van der Waals surface area (Å²) in [5.74, 6) is 2.74. The van der Waals surface area contributed by atoms with Crippen LogP contribution in [0.4, 0.5) is 0 Å². The Balaban J connectivity index is 2.01. The molecule has 3 aromatic carbocycles. The number of rotatable bonds is 5. The second-order valence-corrected chi connectivity index (χ2v) is 8.85. The lowest BCUT2D eigenvalue weighted by molar-refractivity contribution is 0.121. The largest absolute Gasteiger partial charge is 0.374 e. The van der Waals surface area contributed by atoms with E-state index in [-0.39, 0.29) is 11.4 Å². The number of hydrogen-bond donors (Lipinski definition) is 1. The molecule has 0 bridgehead atoms. The quantitative estimate of drug-likeness (QED) is 0.515. The summed E-state index contributed by atoms with van der Waals surface area (Å²) >= 11 is 0. The molecule has 1 N–H and O–H groups in total. The topological polar surface area (TPSA) is 57.6 Å². The summed E-state index contributed by atoms with van der Waals surface area (Å²) in [7, 11) is -3.87. The van der Waals surface area contributed by atoms with Crippen molar-refractivity contribution >= 4 is 10.0 Å². The standard InChI is InChI=1S/C24H23NO3S/c1-20-13-15-23(16-14-20)29(27,28)25(19-21-9-5-3-6-10-21)18-17-24(2,26)22-11-7-4-8-12-22/h3-16,26H,19H2,1-2H3. The maximum Gasteiger partial charge on any atom is 0.271 e. The number of aryl methyl sites for hydroxylation is 1. The second-order valence-electron chi connectivity index (χ2n) is 6.99. The van der Waals surface area contributed by atoms with Crippen LogP contribution in [0.1, 0.15) is 23.6 Å². The van der Waals surface area contributed by atoms with Gasteiger partial charge >= 0.3 is 0 Å². The van der Waals surface area contributed by atoms with Crippen molar-refractivity contribution < 1.29 is 13.5 Å². The maximum absolute atomic E-state index is 13.2. The predicted octanol–water partition coefficient (Wildman–Crippen LogP) is 4.05. The van der Waals surface area contributed by atoms with Gasteiger partial charge in [0.1, 0.15) is 5.60 Å². The minimum absolute atomic E-state index is 0.0783. The molecular formula is C24H23NO3S. The third-order valence-electron chi connectivity index (χ3n) is 4.54. The molecule has 0 spiro atoms. The number of nitrogens with zero attached hydrogens (tertiary/aromatic N) is 1. The summed E-state index contributed by atoms with van der Waals surface area (Å²) in [5, 5.41) is 10.8. The first-order chi connectivity index (χ1) is 13.8. The van der Waals surface area contributed by atoms with Crippen molar-refractivity contribution in [2.45, 2.75) is 30.9 Å². The van der Waals surface area contributed by atoms with Gasteiger partial charge in [0.15, 0.2) is 0 Å². The highest BCUT2D eigenvalue weighted by atomic mass is 32.2. The van der Waals surface area contributed by atoms with Crippen molar-refractivity contribution in [2.75, 3.05) is 0 Å². The molecule has 0 fully saturated rings. The van der Waals surface area contributed by atoms with Gasteiger partial charge in [0.25, 0.3) is 10.0 Å². The lowest BCUT2D eigenvalue weighted by Gasteiger charge is -2.21. The summed E-state index contributed by atoms with van der Waals surface area (Å²) in [4.78, 5) is 0.160. The molecule has 3 aromatic rings. The fourth-order valence-corrected chi connectivity index (χ4v) is 4.00. The van der Waals surface area contributed by atoms with Gasteiger partial charge in [-0.1, -0.05) is 78.4 Å². The number of aliphatic hydroxyl groups is 1. The molecular weight excluding hydrogens is 382 g/mol. The summed E-state index contributed by atoms with van der Waals surface area (Å²) in [6.45, 7) is 3.53. The highest BCUT2D eigenvalue weighted by Crippen LogP contribution is 2.21. The van der Waals surface area contributed by atoms with Crippen LogP contribution in [-0.2, 0) is 22.2 Å². The lowest BCUT2D eigenvalue weighted by Crippen LogP contribution is -2.28. The number of benzene rings is 3. The van der Waals surface area contributed by atoms with E-state index in [0.717, 1.165) is 15.4 Å². The van der Waals surface area contributed by atoms with Crippen LogP contribution in [0.5, 0.6) is 0 Å². The molecule has 1 unspecified atom stereocenters. The van der Waals surface area contributed by atoms with Gasteiger partial charge < -0.3 is 5.11 Å². The van der Waals surface area contributed by atoms with E-state index in [0.29, 0.717) is 5.56 Å². The van der Waals surface area contributed by atoms with Gasteiger partial charge in [0.05, 0.1) is 11.4 Å². The Bertz CT molecular complexity index is 1110. The van der Waals surface area contributed by atoms with E-state index in [1.165, 1.54) is 0 Å². The van der Waals surface area contributed by atoms with Crippen LogP contribution in [0.15, 0.2) is 89.8 Å². The van der Waals surface area contributed by atoms with Crippen LogP contribution >= 0.6 is 0 Å². The van der Waals surface area contributed by atoms with Gasteiger partial charge in [-0.15, -0.1) is 0 Å². The van der Waals surface area contributed by atoms with Gasteiger partial charge in [0, 0.05) is 6.04 Å². The Morgan fingerprint density at radius 2 is 1.45 bits per heavy atom. The molecule has 148 valence electrons. The van der Waals surface area contributed by atoms with E-state index in [2.05, 4.69) is 12.0 Å². The highest BCUT2D eigenvalue weighted by molar-refractivity contribution is 7.89. The zero-order valence-electron chi connectivity index (χ0n) is 16.4. The van der Waals surface area contributed by atoms with Crippen molar-refractivity contribution in [3.05, 3.63) is 102 Å². The third-order valence-corrected chi connectivity index (χ3v) is 6.21. The summed E-state index contributed by atoms with van der Waals surface area (Å²) in [6, 6.07) is 27.5. The van der Waals surface area contributed by atoms with Crippen LogP contribution in [0.25, 0.3) is 0 Å². The van der Waals surface area contributed by atoms with E-state index >= 15 is 0 Å². The first-order valence-electron chi connectivity index (χ1n) is 9.23. The van der Waals surface area contributed by atoms with Crippen LogP contribution in [0.2, 0.25) is 0 Å². The Labute approximate surface area is 172 Å². The third kappa shape index (κ3) is 5.05. The Hall–Kier alpha value is -3.07. The molecule has 3 rings (SSSR count). The Kier molecular flexibility index (Phi) is 6.07. The molecule has 4 nitrogen and oxygen atoms in total. The van der Waals surface area contributed by atoms with Gasteiger partial charge in [0.2, 0.25) is 0 Å². The van der Waals surface area contributed by atoms with E-state index in [4.69, 9.17) is 0 Å². The van der Waals surface area contributed by atoms with Gasteiger partial charge in [-0.3, -0.25) is 0 Å². The van der Waals surface area contributed by atoms with Crippen molar-refractivity contribution in [1.29, 1.82) is 0 Å². The molecule has 0 aliphatic rings. The van der Waals surface area contributed by atoms with Crippen LogP contribution < -0.4 is 0 Å². The Morgan fingerprint density at radius 3 is 2.03 bits per heavy atom. The molecule has 0 aliphatic carbocycles. The van der Waals surface area contributed by atoms with Crippen LogP contribution in [-0.4, -0.2) is 17.8 Å². The molecule has 0 radical (unpaired) electrons. The van der Waals surface area contributed by atoms with Gasteiger partial charge in [-0.05, 0) is 43.0 Å². The molecule has 0 aliphatic heterocycles. The SMILES string of the molecule is Cc1ccc(S(=O)(=O)N(C#CC(C)(O)c2ccccc2)Cc2ccccc2)cc1. The number of hydrogen-bond acceptors (Lipinski definition) is 3. The summed E-state index contributed by atoms with van der Waals surface area (Å²) in [5.41, 5.74) is 0.882. The van der Waals surface area contributed by atoms with Gasteiger partial charge in [-0.2, -0.15) is 0 Å². The van der Waals surface area contributed by atoms with Crippen molar-refractivity contribution in [3.8, 4) is 12.0 Å². The van der Waals surface area contributed by atoms with Crippen molar-refractivity contribution in [3.63, 3.8) is 0 Å². The average Bonchev–Trinajstić information content (AvgIpc) is 2.73. The van der Waals surface area contributed by atoms with Crippen LogP contribution in [0.3, 0.4) is 0 Å². The van der Waals surface area contributed by atoms with E-state index in [1.54, 1.807) is 55.5 Å². The Morgan fingerprint density at radius 1 is 0.897 bits per heavy atom. The first-order valence-corrected chi connectivity index (χ1v) is 10.7. The zero-order valence-corrected chi connectivity index (χ0v) is 17.2. The monoisotopic (exact) mass is 405 g/mol. The fraction of sp³-hybridized carbons (Fsp3) is 0.167. The first kappa shape index (κ1) is 20.7. The average molecular weight is 406 g/mol. The molecule has 5 heteroatoms. The molecule has 0 amide bonds.